The first-order chi connectivity index (χ1) is 7.22. The minimum atomic E-state index is -0.464. The lowest BCUT2D eigenvalue weighted by molar-refractivity contribution is -0.139. The molecule has 0 aliphatic carbocycles. The fraction of sp³-hybridized carbons (Fsp3) is 0.923. The predicted octanol–water partition coefficient (Wildman–Crippen LogP) is 2.27. The quantitative estimate of drug-likeness (QED) is 0.756. The van der Waals surface area contributed by atoms with E-state index in [2.05, 4.69) is 33.0 Å². The summed E-state index contributed by atoms with van der Waals surface area (Å²) in [5.41, 5.74) is -0.464. The van der Waals surface area contributed by atoms with Crippen molar-refractivity contribution in [2.45, 2.75) is 60.0 Å². The third-order valence-electron chi connectivity index (χ3n) is 2.60. The van der Waals surface area contributed by atoms with Crippen LogP contribution in [0.25, 0.3) is 0 Å². The Morgan fingerprint density at radius 2 is 1.75 bits per heavy atom. The summed E-state index contributed by atoms with van der Waals surface area (Å²) >= 11 is 0. The van der Waals surface area contributed by atoms with Crippen LogP contribution in [0.3, 0.4) is 0 Å². The van der Waals surface area contributed by atoms with Crippen molar-refractivity contribution in [2.75, 3.05) is 13.1 Å². The molecular weight excluding hydrogens is 200 g/mol. The molecule has 1 amide bonds. The molecule has 0 aliphatic heterocycles. The van der Waals surface area contributed by atoms with E-state index in [9.17, 15) is 4.79 Å². The maximum atomic E-state index is 12.4. The van der Waals surface area contributed by atoms with Crippen LogP contribution < -0.4 is 5.32 Å². The fourth-order valence-electron chi connectivity index (χ4n) is 1.80. The molecule has 0 saturated carbocycles. The molecule has 1 N–H and O–H groups in total. The van der Waals surface area contributed by atoms with Gasteiger partial charge in [-0.3, -0.25) is 4.79 Å². The average molecular weight is 228 g/mol. The summed E-state index contributed by atoms with van der Waals surface area (Å²) in [5, 5.41) is 3.24. The largest absolute Gasteiger partial charge is 0.338 e. The molecule has 3 heteroatoms. The monoisotopic (exact) mass is 228 g/mol. The maximum Gasteiger partial charge on any atom is 0.242 e. The minimum Gasteiger partial charge on any atom is -0.338 e. The molecule has 0 unspecified atom stereocenters. The Labute approximate surface area is 101 Å². The standard InChI is InChI=1S/C13H28N2O/c1-8-14-13(6,7)12(16)15(11(4)5)9-10(2)3/h10-11,14H,8-9H2,1-7H3. The van der Waals surface area contributed by atoms with Gasteiger partial charge in [0.1, 0.15) is 0 Å². The molecule has 0 spiro atoms. The van der Waals surface area contributed by atoms with Crippen molar-refractivity contribution in [3.63, 3.8) is 0 Å². The lowest BCUT2D eigenvalue weighted by atomic mass is 10.0. The molecule has 0 aliphatic rings. The molecule has 96 valence electrons. The van der Waals surface area contributed by atoms with Crippen LogP contribution in [0, 0.1) is 5.92 Å². The first-order valence-electron chi connectivity index (χ1n) is 6.28. The number of nitrogens with zero attached hydrogens (tertiary/aromatic N) is 1. The van der Waals surface area contributed by atoms with Gasteiger partial charge in [0.15, 0.2) is 0 Å². The molecule has 0 aromatic rings. The van der Waals surface area contributed by atoms with E-state index in [0.29, 0.717) is 5.92 Å². The average Bonchev–Trinajstić information content (AvgIpc) is 2.12. The number of nitrogens with one attached hydrogen (secondary N) is 1. The van der Waals surface area contributed by atoms with E-state index >= 15 is 0 Å². The van der Waals surface area contributed by atoms with Crippen LogP contribution in [-0.2, 0) is 4.79 Å². The van der Waals surface area contributed by atoms with Gasteiger partial charge >= 0.3 is 0 Å². The van der Waals surface area contributed by atoms with Crippen LogP contribution in [0.2, 0.25) is 0 Å². The van der Waals surface area contributed by atoms with Crippen molar-refractivity contribution in [2.24, 2.45) is 5.92 Å². The second kappa shape index (κ2) is 6.24. The van der Waals surface area contributed by atoms with Crippen LogP contribution in [0.15, 0.2) is 0 Å². The summed E-state index contributed by atoms with van der Waals surface area (Å²) < 4.78 is 0. The molecular formula is C13H28N2O. The zero-order valence-corrected chi connectivity index (χ0v) is 11.9. The van der Waals surface area contributed by atoms with Gasteiger partial charge in [-0.15, -0.1) is 0 Å². The second-order valence-electron chi connectivity index (χ2n) is 5.60. The molecule has 0 bridgehead atoms. The number of hydrogen-bond donors (Lipinski definition) is 1. The van der Waals surface area contributed by atoms with Crippen LogP contribution in [0.4, 0.5) is 0 Å². The van der Waals surface area contributed by atoms with Gasteiger partial charge in [-0.05, 0) is 40.2 Å². The van der Waals surface area contributed by atoms with E-state index in [1.165, 1.54) is 0 Å². The molecule has 3 nitrogen and oxygen atoms in total. The van der Waals surface area contributed by atoms with E-state index in [-0.39, 0.29) is 11.9 Å². The minimum absolute atomic E-state index is 0.193. The third kappa shape index (κ3) is 4.52. The van der Waals surface area contributed by atoms with Gasteiger partial charge in [0.05, 0.1) is 5.54 Å². The smallest absolute Gasteiger partial charge is 0.242 e. The zero-order chi connectivity index (χ0) is 12.9. The van der Waals surface area contributed by atoms with Crippen LogP contribution in [0.5, 0.6) is 0 Å². The summed E-state index contributed by atoms with van der Waals surface area (Å²) in [6.07, 6.45) is 0. The predicted molar refractivity (Wildman–Crippen MR) is 69.4 cm³/mol. The summed E-state index contributed by atoms with van der Waals surface area (Å²) in [4.78, 5) is 14.4. The van der Waals surface area contributed by atoms with E-state index in [4.69, 9.17) is 0 Å². The highest BCUT2D eigenvalue weighted by Crippen LogP contribution is 2.13. The number of likely N-dealkylation sites (N-methyl/N-ethyl adjacent to an activating group) is 1. The SMILES string of the molecule is CCNC(C)(C)C(=O)N(CC(C)C)C(C)C. The molecule has 16 heavy (non-hydrogen) atoms. The third-order valence-corrected chi connectivity index (χ3v) is 2.60. The Morgan fingerprint density at radius 3 is 2.06 bits per heavy atom. The highest BCUT2D eigenvalue weighted by Gasteiger charge is 2.32. The normalized spacial score (nSPS) is 12.3. The van der Waals surface area contributed by atoms with Crippen LogP contribution in [-0.4, -0.2) is 35.5 Å². The second-order valence-corrected chi connectivity index (χ2v) is 5.60. The van der Waals surface area contributed by atoms with E-state index in [1.54, 1.807) is 0 Å². The fourth-order valence-corrected chi connectivity index (χ4v) is 1.80. The topological polar surface area (TPSA) is 32.3 Å². The van der Waals surface area contributed by atoms with Gasteiger partial charge in [0.25, 0.3) is 0 Å². The number of hydrogen-bond acceptors (Lipinski definition) is 2. The van der Waals surface area contributed by atoms with Crippen molar-refractivity contribution in [3.8, 4) is 0 Å². The van der Waals surface area contributed by atoms with Gasteiger partial charge < -0.3 is 10.2 Å². The van der Waals surface area contributed by atoms with E-state index in [0.717, 1.165) is 13.1 Å². The number of carbonyl (C=O) groups excluding carboxylic acids is 1. The Balaban J connectivity index is 4.73. The summed E-state index contributed by atoms with van der Waals surface area (Å²) in [6, 6.07) is 0.257. The molecule has 0 aromatic carbocycles. The Morgan fingerprint density at radius 1 is 1.25 bits per heavy atom. The molecule has 0 rings (SSSR count). The zero-order valence-electron chi connectivity index (χ0n) is 11.9. The number of carbonyl (C=O) groups is 1. The number of rotatable bonds is 6. The first kappa shape index (κ1) is 15.4. The lowest BCUT2D eigenvalue weighted by Gasteiger charge is -2.36. The highest BCUT2D eigenvalue weighted by molar-refractivity contribution is 5.85. The highest BCUT2D eigenvalue weighted by atomic mass is 16.2. The molecule has 0 aromatic heterocycles. The molecule has 0 heterocycles. The summed E-state index contributed by atoms with van der Waals surface area (Å²) in [6.45, 7) is 16.0. The maximum absolute atomic E-state index is 12.4. The van der Waals surface area contributed by atoms with Crippen molar-refractivity contribution in [1.82, 2.24) is 10.2 Å². The van der Waals surface area contributed by atoms with Gasteiger partial charge in [-0.1, -0.05) is 20.8 Å². The molecule has 0 atom stereocenters. The lowest BCUT2D eigenvalue weighted by Crippen LogP contribution is -2.56. The van der Waals surface area contributed by atoms with E-state index < -0.39 is 5.54 Å². The molecule has 0 fully saturated rings. The molecule has 0 saturated heterocycles. The Kier molecular flexibility index (Phi) is 6.01. The van der Waals surface area contributed by atoms with Gasteiger partial charge in [-0.25, -0.2) is 0 Å². The first-order valence-corrected chi connectivity index (χ1v) is 6.28. The molecule has 0 radical (unpaired) electrons. The van der Waals surface area contributed by atoms with Crippen LogP contribution >= 0.6 is 0 Å². The van der Waals surface area contributed by atoms with Gasteiger partial charge in [-0.2, -0.15) is 0 Å². The van der Waals surface area contributed by atoms with E-state index in [1.807, 2.05) is 25.7 Å². The van der Waals surface area contributed by atoms with Gasteiger partial charge in [0.2, 0.25) is 5.91 Å². The van der Waals surface area contributed by atoms with Crippen molar-refractivity contribution in [1.29, 1.82) is 0 Å². The van der Waals surface area contributed by atoms with Gasteiger partial charge in [0, 0.05) is 12.6 Å². The Bertz CT molecular complexity index is 222. The number of amides is 1. The summed E-state index contributed by atoms with van der Waals surface area (Å²) in [7, 11) is 0. The van der Waals surface area contributed by atoms with Crippen LogP contribution in [0.1, 0.15) is 48.5 Å². The summed E-state index contributed by atoms with van der Waals surface area (Å²) in [5.74, 6) is 0.696. The Hall–Kier alpha value is -0.570. The van der Waals surface area contributed by atoms with Crippen molar-refractivity contribution in [3.05, 3.63) is 0 Å². The van der Waals surface area contributed by atoms with Crippen molar-refractivity contribution >= 4 is 5.91 Å². The van der Waals surface area contributed by atoms with Crippen molar-refractivity contribution < 1.29 is 4.79 Å².